The third-order valence-electron chi connectivity index (χ3n) is 13.0. The molecule has 5 aliphatic heterocycles. The summed E-state index contributed by atoms with van der Waals surface area (Å²) in [5.41, 5.74) is 0. The fourth-order valence-electron chi connectivity index (χ4n) is 8.80. The van der Waals surface area contributed by atoms with Crippen molar-refractivity contribution in [1.29, 1.82) is 0 Å². The first-order valence-electron chi connectivity index (χ1n) is 23.4. The van der Waals surface area contributed by atoms with E-state index in [1.807, 2.05) is 0 Å². The van der Waals surface area contributed by atoms with Gasteiger partial charge in [-0.1, -0.05) is 0 Å². The van der Waals surface area contributed by atoms with E-state index in [4.69, 9.17) is 51.9 Å². The molecule has 0 aromatic rings. The Labute approximate surface area is 426 Å². The summed E-state index contributed by atoms with van der Waals surface area (Å²) in [7, 11) is -5.14. The average molecular weight is 1120 g/mol. The number of amides is 2. The van der Waals surface area contributed by atoms with Gasteiger partial charge in [0.2, 0.25) is 11.8 Å². The number of aliphatic hydroxyl groups excluding tert-OH is 16. The Hall–Kier alpha value is -2.23. The molecule has 0 aromatic carbocycles. The van der Waals surface area contributed by atoms with Crippen LogP contribution in [-0.4, -0.2) is 317 Å². The van der Waals surface area contributed by atoms with Crippen LogP contribution in [-0.2, 0) is 71.5 Å². The van der Waals surface area contributed by atoms with Crippen molar-refractivity contribution in [3.63, 3.8) is 0 Å². The maximum Gasteiger partial charge on any atom is 0.397 e. The first-order chi connectivity index (χ1) is 35.0. The maximum atomic E-state index is 12.5. The molecule has 35 heteroatoms. The van der Waals surface area contributed by atoms with Crippen LogP contribution in [0.5, 0.6) is 0 Å². The van der Waals surface area contributed by atoms with Gasteiger partial charge in [-0.3, -0.25) is 14.1 Å². The minimum absolute atomic E-state index is 0.831. The quantitative estimate of drug-likeness (QED) is 0.0448. The van der Waals surface area contributed by atoms with Crippen LogP contribution in [0, 0.1) is 0 Å². The fourth-order valence-corrected chi connectivity index (χ4v) is 9.11. The van der Waals surface area contributed by atoms with E-state index < -0.39 is 233 Å². The summed E-state index contributed by atoms with van der Waals surface area (Å²) in [6.45, 7) is -1.10. The van der Waals surface area contributed by atoms with Gasteiger partial charge in [-0.05, 0) is 13.8 Å². The zero-order valence-electron chi connectivity index (χ0n) is 40.4. The molecule has 0 radical (unpaired) electrons. The second-order valence-electron chi connectivity index (χ2n) is 18.5. The van der Waals surface area contributed by atoms with Crippen LogP contribution in [0.2, 0.25) is 0 Å². The van der Waals surface area contributed by atoms with E-state index in [9.17, 15) is 99.7 Å². The minimum atomic E-state index is -5.14. The van der Waals surface area contributed by atoms with E-state index in [2.05, 4.69) is 14.8 Å². The summed E-state index contributed by atoms with van der Waals surface area (Å²) < 4.78 is 93.8. The molecule has 34 nitrogen and oxygen atoms in total. The summed E-state index contributed by atoms with van der Waals surface area (Å²) in [6, 6.07) is -3.49. The van der Waals surface area contributed by atoms with Crippen LogP contribution in [0.15, 0.2) is 0 Å². The molecule has 2 amide bonds. The number of hydrogen-bond donors (Lipinski definition) is 19. The molecule has 75 heavy (non-hydrogen) atoms. The molecule has 29 atom stereocenters. The van der Waals surface area contributed by atoms with Gasteiger partial charge in [0.15, 0.2) is 31.5 Å². The van der Waals surface area contributed by atoms with Crippen molar-refractivity contribution in [3.05, 3.63) is 0 Å². The average Bonchev–Trinajstić information content (AvgIpc) is 3.35. The molecule has 438 valence electrons. The predicted octanol–water partition coefficient (Wildman–Crippen LogP) is -12.3. The van der Waals surface area contributed by atoms with E-state index >= 15 is 0 Å². The highest BCUT2D eigenvalue weighted by atomic mass is 32.3. The lowest BCUT2D eigenvalue weighted by Gasteiger charge is -2.50. The van der Waals surface area contributed by atoms with E-state index in [1.165, 1.54) is 13.8 Å². The Balaban J connectivity index is 1.53. The topological polar surface area (TPSA) is 538 Å². The van der Waals surface area contributed by atoms with Gasteiger partial charge in [0.05, 0.1) is 51.3 Å². The number of aliphatic hydroxyl groups is 16. The van der Waals surface area contributed by atoms with Gasteiger partial charge < -0.3 is 140 Å². The summed E-state index contributed by atoms with van der Waals surface area (Å²) >= 11 is 0. The molecule has 0 spiro atoms. The lowest BCUT2D eigenvalue weighted by molar-refractivity contribution is -0.407. The zero-order valence-corrected chi connectivity index (χ0v) is 41.2. The Morgan fingerprint density at radius 1 is 0.560 bits per heavy atom. The largest absolute Gasteiger partial charge is 0.397 e. The number of hydrogen-bond acceptors (Lipinski definition) is 31. The Morgan fingerprint density at radius 2 is 1.05 bits per heavy atom. The summed E-state index contributed by atoms with van der Waals surface area (Å²) in [5.74, 6) is -1.73. The Kier molecular flexibility index (Phi) is 23.1. The van der Waals surface area contributed by atoms with Gasteiger partial charge in [0.25, 0.3) is 0 Å². The van der Waals surface area contributed by atoms with Gasteiger partial charge in [-0.15, -0.1) is 0 Å². The highest BCUT2D eigenvalue weighted by molar-refractivity contribution is 7.80. The van der Waals surface area contributed by atoms with Gasteiger partial charge in [0, 0.05) is 13.8 Å². The number of rotatable bonds is 22. The highest BCUT2D eigenvalue weighted by Gasteiger charge is 2.57. The number of ether oxygens (including phenoxy) is 10. The SMILES string of the molecule is CC(=O)N[C@H]1[C@H](OC[C@@H](O)[C@H](O)[C@H](O[C@@H]2O[C@H](CO)[C@H](O)[C@H](O[C@@H]3O[C@H](CO)[C@H](O)[C@H](O)[C@H]3O[C@@H]3O[C@@H](C)[C@@H](O)[C@@H](O)[C@@H]3O)[C@H]2O[C@@H]2O[C@@H](C)[C@@H](O)[C@@H](O)[C@@H]2O)[C@H](CO)NC(C)=O)O[C@H](COS(=O)(=O)O)[C@@H](O)[C@@H]1O. The normalized spacial score (nSPS) is 44.5. The monoisotopic (exact) mass is 1120 g/mol. The smallest absolute Gasteiger partial charge is 0.394 e. The van der Waals surface area contributed by atoms with Gasteiger partial charge in [0.1, 0.15) is 128 Å². The van der Waals surface area contributed by atoms with Crippen molar-refractivity contribution < 1.29 is 156 Å². The fraction of sp³-hybridized carbons (Fsp3) is 0.950. The van der Waals surface area contributed by atoms with E-state index in [0.29, 0.717) is 0 Å². The first-order valence-corrected chi connectivity index (χ1v) is 24.8. The molecule has 5 fully saturated rings. The van der Waals surface area contributed by atoms with Gasteiger partial charge >= 0.3 is 10.4 Å². The van der Waals surface area contributed by atoms with Crippen molar-refractivity contribution in [2.24, 2.45) is 0 Å². The number of carbonyl (C=O) groups is 2. The van der Waals surface area contributed by atoms with Crippen LogP contribution < -0.4 is 10.6 Å². The van der Waals surface area contributed by atoms with Crippen molar-refractivity contribution >= 4 is 22.2 Å². The maximum absolute atomic E-state index is 12.5. The molecule has 0 aliphatic carbocycles. The zero-order chi connectivity index (χ0) is 56.1. The van der Waals surface area contributed by atoms with Gasteiger partial charge in [-0.25, -0.2) is 4.18 Å². The lowest BCUT2D eigenvalue weighted by Crippen LogP contribution is -2.69. The van der Waals surface area contributed by atoms with Crippen molar-refractivity contribution in [3.8, 4) is 0 Å². The first kappa shape index (κ1) is 63.6. The third-order valence-corrected chi connectivity index (χ3v) is 13.4. The van der Waals surface area contributed by atoms with Crippen LogP contribution in [0.25, 0.3) is 0 Å². The molecule has 0 unspecified atom stereocenters. The van der Waals surface area contributed by atoms with Gasteiger partial charge in [-0.2, -0.15) is 8.42 Å². The van der Waals surface area contributed by atoms with Crippen LogP contribution in [0.4, 0.5) is 0 Å². The molecule has 5 rings (SSSR count). The lowest BCUT2D eigenvalue weighted by atomic mass is 9.95. The Bertz CT molecular complexity index is 1920. The van der Waals surface area contributed by atoms with E-state index in [1.54, 1.807) is 0 Å². The van der Waals surface area contributed by atoms with Crippen LogP contribution in [0.3, 0.4) is 0 Å². The number of carbonyl (C=O) groups excluding carboxylic acids is 2. The molecule has 0 aromatic heterocycles. The second kappa shape index (κ2) is 27.3. The molecule has 0 saturated carbocycles. The number of nitrogens with one attached hydrogen (secondary N) is 2. The third kappa shape index (κ3) is 15.4. The molecular weight excluding hydrogens is 1050 g/mol. The van der Waals surface area contributed by atoms with E-state index in [0.717, 1.165) is 13.8 Å². The van der Waals surface area contributed by atoms with Crippen LogP contribution >= 0.6 is 0 Å². The molecule has 5 aliphatic rings. The Morgan fingerprint density at radius 3 is 1.56 bits per heavy atom. The summed E-state index contributed by atoms with van der Waals surface area (Å²) in [5, 5.41) is 179. The second-order valence-corrected chi connectivity index (χ2v) is 19.6. The summed E-state index contributed by atoms with van der Waals surface area (Å²) in [6.07, 6.45) is -53.6. The molecule has 5 heterocycles. The van der Waals surface area contributed by atoms with E-state index in [-0.39, 0.29) is 0 Å². The van der Waals surface area contributed by atoms with Crippen LogP contribution in [0.1, 0.15) is 27.7 Å². The van der Waals surface area contributed by atoms with Crippen molar-refractivity contribution in [1.82, 2.24) is 10.6 Å². The van der Waals surface area contributed by atoms with Crippen molar-refractivity contribution in [2.75, 3.05) is 33.0 Å². The highest BCUT2D eigenvalue weighted by Crippen LogP contribution is 2.37. The molecular formula is C40H70N2O32S. The molecule has 5 saturated heterocycles. The predicted molar refractivity (Wildman–Crippen MR) is 232 cm³/mol. The minimum Gasteiger partial charge on any atom is -0.394 e. The molecule has 19 N–H and O–H groups in total. The molecule has 0 bridgehead atoms. The standard InChI is InChI=1S/C40H70N2O32S/c1-10-20(49)27(56)30(59)37(66-10)73-34-29(58)23(52)16(6-44)68-39(34)72-33-25(54)17(7-45)69-40(35(33)74-38-31(60)28(57)21(50)11(2)67-38)71-32(14(5-43)41-12(3)46)22(51)15(48)8-64-36-19(42-13(4)47)26(55)24(53)18(70-36)9-65-75(61,62)63/h10-11,14-40,43-45,48-60H,5-9H2,1-4H3,(H,41,46)(H,42,47)(H,61,62,63)/t10-,11-,14-,15+,16+,17+,18+,19+,20+,21+,22-,23-,24+,25-,26+,27+,28+,29-,30-,31-,32+,33-,34+,35+,36+,37-,38-,39-,40-/m0/s1. The van der Waals surface area contributed by atoms with Crippen molar-refractivity contribution in [2.45, 2.75) is 206 Å². The summed E-state index contributed by atoms with van der Waals surface area (Å²) in [4.78, 5) is 24.6.